The lowest BCUT2D eigenvalue weighted by Crippen LogP contribution is -2.16. The number of anilines is 1. The fourth-order valence-corrected chi connectivity index (χ4v) is 2.44. The second-order valence-electron chi connectivity index (χ2n) is 5.68. The first kappa shape index (κ1) is 18.0. The summed E-state index contributed by atoms with van der Waals surface area (Å²) < 4.78 is 38.7. The molecule has 1 unspecified atom stereocenters. The SMILES string of the molecule is CC(CC(=O)Nc1cc(CN)cc(C(F)(F)F)c1)c1ccccc1. The molecule has 0 radical (unpaired) electrons. The number of carbonyl (C=O) groups excluding carboxylic acids is 1. The number of benzene rings is 2. The number of rotatable bonds is 5. The van der Waals surface area contributed by atoms with Gasteiger partial charge in [-0.3, -0.25) is 4.79 Å². The zero-order chi connectivity index (χ0) is 17.7. The Morgan fingerprint density at radius 2 is 1.83 bits per heavy atom. The Hall–Kier alpha value is -2.34. The van der Waals surface area contributed by atoms with E-state index in [0.717, 1.165) is 17.7 Å². The topological polar surface area (TPSA) is 55.1 Å². The van der Waals surface area contributed by atoms with Crippen LogP contribution in [0.15, 0.2) is 48.5 Å². The van der Waals surface area contributed by atoms with Gasteiger partial charge in [-0.2, -0.15) is 13.2 Å². The average Bonchev–Trinajstić information content (AvgIpc) is 2.54. The molecule has 3 N–H and O–H groups in total. The van der Waals surface area contributed by atoms with E-state index in [1.165, 1.54) is 6.07 Å². The minimum Gasteiger partial charge on any atom is -0.326 e. The summed E-state index contributed by atoms with van der Waals surface area (Å²) in [5, 5.41) is 2.54. The molecule has 2 rings (SSSR count). The molecule has 0 heterocycles. The summed E-state index contributed by atoms with van der Waals surface area (Å²) in [6, 6.07) is 12.8. The molecule has 24 heavy (non-hydrogen) atoms. The van der Waals surface area contributed by atoms with E-state index in [9.17, 15) is 18.0 Å². The first-order chi connectivity index (χ1) is 11.3. The summed E-state index contributed by atoms with van der Waals surface area (Å²) in [4.78, 5) is 12.1. The Morgan fingerprint density at radius 1 is 1.17 bits per heavy atom. The highest BCUT2D eigenvalue weighted by molar-refractivity contribution is 5.91. The van der Waals surface area contributed by atoms with Crippen LogP contribution < -0.4 is 11.1 Å². The Morgan fingerprint density at radius 3 is 2.42 bits per heavy atom. The van der Waals surface area contributed by atoms with Gasteiger partial charge in [0.05, 0.1) is 5.56 Å². The summed E-state index contributed by atoms with van der Waals surface area (Å²) in [5.41, 5.74) is 6.04. The van der Waals surface area contributed by atoms with Gasteiger partial charge in [0.15, 0.2) is 0 Å². The van der Waals surface area contributed by atoms with Crippen molar-refractivity contribution in [1.29, 1.82) is 0 Å². The summed E-state index contributed by atoms with van der Waals surface area (Å²) >= 11 is 0. The van der Waals surface area contributed by atoms with Gasteiger partial charge >= 0.3 is 6.18 Å². The molecule has 1 atom stereocenters. The van der Waals surface area contributed by atoms with Crippen LogP contribution >= 0.6 is 0 Å². The number of amides is 1. The van der Waals surface area contributed by atoms with Crippen molar-refractivity contribution in [3.8, 4) is 0 Å². The maximum absolute atomic E-state index is 12.9. The minimum atomic E-state index is -4.48. The molecule has 3 nitrogen and oxygen atoms in total. The van der Waals surface area contributed by atoms with Crippen molar-refractivity contribution in [2.75, 3.05) is 5.32 Å². The van der Waals surface area contributed by atoms with Crippen LogP contribution in [-0.2, 0) is 17.5 Å². The van der Waals surface area contributed by atoms with Crippen LogP contribution in [0.2, 0.25) is 0 Å². The van der Waals surface area contributed by atoms with Crippen molar-refractivity contribution >= 4 is 11.6 Å². The molecule has 0 saturated heterocycles. The lowest BCUT2D eigenvalue weighted by atomic mass is 9.97. The second-order valence-corrected chi connectivity index (χ2v) is 5.68. The third kappa shape index (κ3) is 4.83. The van der Waals surface area contributed by atoms with E-state index < -0.39 is 11.7 Å². The Kier molecular flexibility index (Phi) is 5.62. The first-order valence-electron chi connectivity index (χ1n) is 7.55. The van der Waals surface area contributed by atoms with Crippen molar-refractivity contribution in [3.63, 3.8) is 0 Å². The smallest absolute Gasteiger partial charge is 0.326 e. The molecule has 0 fully saturated rings. The van der Waals surface area contributed by atoms with E-state index in [1.807, 2.05) is 37.3 Å². The molecule has 0 bridgehead atoms. The van der Waals surface area contributed by atoms with Gasteiger partial charge in [0.2, 0.25) is 5.91 Å². The van der Waals surface area contributed by atoms with Crippen molar-refractivity contribution in [2.45, 2.75) is 32.0 Å². The van der Waals surface area contributed by atoms with Crippen LogP contribution in [0, 0.1) is 0 Å². The van der Waals surface area contributed by atoms with Gasteiger partial charge in [-0.1, -0.05) is 37.3 Å². The van der Waals surface area contributed by atoms with Gasteiger partial charge in [-0.05, 0) is 35.2 Å². The number of carbonyl (C=O) groups is 1. The number of nitrogens with two attached hydrogens (primary N) is 1. The third-order valence-electron chi connectivity index (χ3n) is 3.70. The number of hydrogen-bond donors (Lipinski definition) is 2. The zero-order valence-electron chi connectivity index (χ0n) is 13.2. The highest BCUT2D eigenvalue weighted by Crippen LogP contribution is 2.32. The highest BCUT2D eigenvalue weighted by atomic mass is 19.4. The van der Waals surface area contributed by atoms with E-state index in [2.05, 4.69) is 5.32 Å². The molecule has 0 saturated carbocycles. The highest BCUT2D eigenvalue weighted by Gasteiger charge is 2.31. The lowest BCUT2D eigenvalue weighted by Gasteiger charge is -2.14. The molecular formula is C18H19F3N2O. The summed E-state index contributed by atoms with van der Waals surface area (Å²) in [6.45, 7) is 1.86. The van der Waals surface area contributed by atoms with Crippen molar-refractivity contribution < 1.29 is 18.0 Å². The number of nitrogens with one attached hydrogen (secondary N) is 1. The normalized spacial score (nSPS) is 12.7. The monoisotopic (exact) mass is 336 g/mol. The third-order valence-corrected chi connectivity index (χ3v) is 3.70. The number of halogens is 3. The molecule has 0 spiro atoms. The fourth-order valence-electron chi connectivity index (χ4n) is 2.44. The van der Waals surface area contributed by atoms with Crippen LogP contribution in [0.5, 0.6) is 0 Å². The van der Waals surface area contributed by atoms with Crippen LogP contribution in [0.1, 0.15) is 36.0 Å². The Labute approximate surface area is 138 Å². The average molecular weight is 336 g/mol. The van der Waals surface area contributed by atoms with Crippen LogP contribution in [-0.4, -0.2) is 5.91 Å². The standard InChI is InChI=1S/C18H19F3N2O/c1-12(14-5-3-2-4-6-14)7-17(24)23-16-9-13(11-22)8-15(10-16)18(19,20)21/h2-6,8-10,12H,7,11,22H2,1H3,(H,23,24). The Balaban J connectivity index is 2.11. The van der Waals surface area contributed by atoms with Gasteiger partial charge < -0.3 is 11.1 Å². The summed E-state index contributed by atoms with van der Waals surface area (Å²) in [7, 11) is 0. The molecule has 1 amide bonds. The second kappa shape index (κ2) is 7.49. The molecule has 0 aliphatic carbocycles. The van der Waals surface area contributed by atoms with Crippen LogP contribution in [0.3, 0.4) is 0 Å². The fraction of sp³-hybridized carbons (Fsp3) is 0.278. The molecular weight excluding hydrogens is 317 g/mol. The van der Waals surface area contributed by atoms with E-state index in [1.54, 1.807) is 0 Å². The molecule has 0 aliphatic rings. The molecule has 0 aromatic heterocycles. The van der Waals surface area contributed by atoms with Crippen molar-refractivity contribution in [3.05, 3.63) is 65.2 Å². The molecule has 2 aromatic carbocycles. The molecule has 2 aromatic rings. The molecule has 0 aliphatic heterocycles. The Bertz CT molecular complexity index is 699. The summed E-state index contributed by atoms with van der Waals surface area (Å²) in [5.74, 6) is -0.375. The van der Waals surface area contributed by atoms with Gasteiger partial charge in [0.1, 0.15) is 0 Å². The molecule has 6 heteroatoms. The van der Waals surface area contributed by atoms with E-state index in [-0.39, 0.29) is 30.5 Å². The van der Waals surface area contributed by atoms with Gasteiger partial charge in [-0.15, -0.1) is 0 Å². The van der Waals surface area contributed by atoms with Crippen molar-refractivity contribution in [2.24, 2.45) is 5.73 Å². The zero-order valence-corrected chi connectivity index (χ0v) is 13.2. The largest absolute Gasteiger partial charge is 0.416 e. The predicted octanol–water partition coefficient (Wildman–Crippen LogP) is 4.30. The van der Waals surface area contributed by atoms with Gasteiger partial charge in [0, 0.05) is 18.7 Å². The maximum Gasteiger partial charge on any atom is 0.416 e. The quantitative estimate of drug-likeness (QED) is 0.855. The molecule has 128 valence electrons. The van der Waals surface area contributed by atoms with Crippen molar-refractivity contribution in [1.82, 2.24) is 0 Å². The van der Waals surface area contributed by atoms with E-state index >= 15 is 0 Å². The van der Waals surface area contributed by atoms with E-state index in [4.69, 9.17) is 5.73 Å². The van der Waals surface area contributed by atoms with E-state index in [0.29, 0.717) is 5.56 Å². The lowest BCUT2D eigenvalue weighted by molar-refractivity contribution is -0.137. The van der Waals surface area contributed by atoms with Crippen LogP contribution in [0.4, 0.5) is 18.9 Å². The van der Waals surface area contributed by atoms with Gasteiger partial charge in [0.25, 0.3) is 0 Å². The van der Waals surface area contributed by atoms with Gasteiger partial charge in [-0.25, -0.2) is 0 Å². The number of alkyl halides is 3. The number of hydrogen-bond acceptors (Lipinski definition) is 2. The van der Waals surface area contributed by atoms with Crippen LogP contribution in [0.25, 0.3) is 0 Å². The predicted molar refractivity (Wildman–Crippen MR) is 87.4 cm³/mol. The maximum atomic E-state index is 12.9. The minimum absolute atomic E-state index is 0.0345. The first-order valence-corrected chi connectivity index (χ1v) is 7.55. The summed E-state index contributed by atoms with van der Waals surface area (Å²) in [6.07, 6.45) is -4.31.